The molecule has 0 saturated carbocycles. The zero-order valence-electron chi connectivity index (χ0n) is 22.4. The molecule has 0 fully saturated rings. The maximum absolute atomic E-state index is 13.0. The number of carbonyl (C=O) groups excluding carboxylic acids is 2. The number of allylic oxidation sites excluding steroid dienone is 4. The number of esters is 1. The van der Waals surface area contributed by atoms with Gasteiger partial charge in [-0.1, -0.05) is 41.6 Å². The Labute approximate surface area is 228 Å². The molecule has 4 rings (SSSR count). The summed E-state index contributed by atoms with van der Waals surface area (Å²) in [5, 5.41) is 12.8. The zero-order chi connectivity index (χ0) is 27.8. The first-order valence-corrected chi connectivity index (χ1v) is 13.1. The molecule has 9 nitrogen and oxygen atoms in total. The quantitative estimate of drug-likeness (QED) is 0.258. The van der Waals surface area contributed by atoms with Crippen molar-refractivity contribution in [3.8, 4) is 11.5 Å². The number of ether oxygens (including phenoxy) is 4. The van der Waals surface area contributed by atoms with Gasteiger partial charge in [0.05, 0.1) is 24.6 Å². The van der Waals surface area contributed by atoms with Gasteiger partial charge in [-0.3, -0.25) is 4.79 Å². The predicted molar refractivity (Wildman–Crippen MR) is 147 cm³/mol. The van der Waals surface area contributed by atoms with Gasteiger partial charge in [-0.25, -0.2) is 4.79 Å². The SMILES string of the molecule is CCOC(=O)C(Cc1ccc(OCCN2C(=O)C(C)Oc3ccc(C4C=CC=CC4=NO)cc32)cc1)OCC. The molecule has 1 aliphatic heterocycles. The van der Waals surface area contributed by atoms with Crippen LogP contribution in [0.1, 0.15) is 37.8 Å². The molecule has 39 heavy (non-hydrogen) atoms. The van der Waals surface area contributed by atoms with Crippen LogP contribution >= 0.6 is 0 Å². The lowest BCUT2D eigenvalue weighted by atomic mass is 9.90. The summed E-state index contributed by atoms with van der Waals surface area (Å²) in [6.45, 7) is 6.64. The van der Waals surface area contributed by atoms with Crippen LogP contribution in [0.2, 0.25) is 0 Å². The highest BCUT2D eigenvalue weighted by Crippen LogP contribution is 2.37. The Morgan fingerprint density at radius 2 is 1.92 bits per heavy atom. The van der Waals surface area contributed by atoms with Gasteiger partial charge in [0.25, 0.3) is 5.91 Å². The van der Waals surface area contributed by atoms with Crippen molar-refractivity contribution >= 4 is 23.3 Å². The van der Waals surface area contributed by atoms with Crippen LogP contribution in [0.25, 0.3) is 0 Å². The molecule has 1 heterocycles. The number of hydrogen-bond donors (Lipinski definition) is 1. The summed E-state index contributed by atoms with van der Waals surface area (Å²) in [6.07, 6.45) is 6.53. The maximum atomic E-state index is 13.0. The molecule has 0 spiro atoms. The van der Waals surface area contributed by atoms with Crippen molar-refractivity contribution in [2.75, 3.05) is 31.3 Å². The molecule has 0 aromatic heterocycles. The maximum Gasteiger partial charge on any atom is 0.335 e. The highest BCUT2D eigenvalue weighted by Gasteiger charge is 2.32. The van der Waals surface area contributed by atoms with Crippen molar-refractivity contribution in [3.05, 3.63) is 77.9 Å². The van der Waals surface area contributed by atoms with E-state index in [2.05, 4.69) is 5.16 Å². The van der Waals surface area contributed by atoms with Crippen molar-refractivity contribution < 1.29 is 33.7 Å². The fraction of sp³-hybridized carbons (Fsp3) is 0.367. The van der Waals surface area contributed by atoms with Crippen LogP contribution < -0.4 is 14.4 Å². The second-order valence-corrected chi connectivity index (χ2v) is 9.12. The zero-order valence-corrected chi connectivity index (χ0v) is 22.4. The standard InChI is InChI=1S/C30H34N2O7/c1-4-36-28(30(34)37-5-2)18-21-10-13-23(14-11-21)38-17-16-32-26-19-22(24-8-6-7-9-25(24)31-35)12-15-27(26)39-20(3)29(32)33/h6-15,19-20,24,28,35H,4-5,16-18H2,1-3H3. The van der Waals surface area contributed by atoms with Crippen molar-refractivity contribution in [1.29, 1.82) is 0 Å². The second kappa shape index (κ2) is 13.1. The van der Waals surface area contributed by atoms with Crippen molar-refractivity contribution in [3.63, 3.8) is 0 Å². The van der Waals surface area contributed by atoms with E-state index in [9.17, 15) is 14.8 Å². The Balaban J connectivity index is 1.42. The number of fused-ring (bicyclic) bond motifs is 1. The number of hydrogen-bond acceptors (Lipinski definition) is 8. The third-order valence-corrected chi connectivity index (χ3v) is 6.51. The van der Waals surface area contributed by atoms with Gasteiger partial charge in [0, 0.05) is 18.9 Å². The number of amides is 1. The average Bonchev–Trinajstić information content (AvgIpc) is 2.95. The van der Waals surface area contributed by atoms with Crippen LogP contribution in [-0.2, 0) is 25.5 Å². The third kappa shape index (κ3) is 6.67. The van der Waals surface area contributed by atoms with Gasteiger partial charge in [0.1, 0.15) is 18.1 Å². The number of nitrogens with zero attached hydrogens (tertiary/aromatic N) is 2. The molecule has 9 heteroatoms. The fourth-order valence-electron chi connectivity index (χ4n) is 4.59. The van der Waals surface area contributed by atoms with E-state index in [4.69, 9.17) is 18.9 Å². The fourth-order valence-corrected chi connectivity index (χ4v) is 4.59. The van der Waals surface area contributed by atoms with Crippen LogP contribution in [0.5, 0.6) is 11.5 Å². The molecule has 0 saturated heterocycles. The summed E-state index contributed by atoms with van der Waals surface area (Å²) in [7, 11) is 0. The molecule has 2 aromatic carbocycles. The van der Waals surface area contributed by atoms with Crippen LogP contribution in [-0.4, -0.2) is 61.4 Å². The largest absolute Gasteiger partial charge is 0.492 e. The lowest BCUT2D eigenvalue weighted by molar-refractivity contribution is -0.156. The van der Waals surface area contributed by atoms with Gasteiger partial charge in [0.2, 0.25) is 0 Å². The number of oxime groups is 1. The predicted octanol–water partition coefficient (Wildman–Crippen LogP) is 4.43. The Hall–Kier alpha value is -4.11. The van der Waals surface area contributed by atoms with E-state index in [0.29, 0.717) is 49.1 Å². The molecule has 3 atom stereocenters. The van der Waals surface area contributed by atoms with E-state index in [0.717, 1.165) is 11.1 Å². The molecule has 3 unspecified atom stereocenters. The van der Waals surface area contributed by atoms with Gasteiger partial charge in [-0.15, -0.1) is 0 Å². The summed E-state index contributed by atoms with van der Waals surface area (Å²) in [5.41, 5.74) is 2.96. The minimum absolute atomic E-state index is 0.158. The van der Waals surface area contributed by atoms with Crippen LogP contribution in [0.4, 0.5) is 5.69 Å². The van der Waals surface area contributed by atoms with E-state index in [-0.39, 0.29) is 24.4 Å². The van der Waals surface area contributed by atoms with Gasteiger partial charge in [0.15, 0.2) is 12.2 Å². The van der Waals surface area contributed by atoms with Gasteiger partial charge >= 0.3 is 5.97 Å². The second-order valence-electron chi connectivity index (χ2n) is 9.12. The van der Waals surface area contributed by atoms with E-state index >= 15 is 0 Å². The Morgan fingerprint density at radius 3 is 2.64 bits per heavy atom. The van der Waals surface area contributed by atoms with E-state index in [1.807, 2.05) is 67.6 Å². The summed E-state index contributed by atoms with van der Waals surface area (Å²) in [5.74, 6) is 0.493. The highest BCUT2D eigenvalue weighted by atomic mass is 16.6. The molecule has 0 radical (unpaired) electrons. The summed E-state index contributed by atoms with van der Waals surface area (Å²) >= 11 is 0. The topological polar surface area (TPSA) is 107 Å². The summed E-state index contributed by atoms with van der Waals surface area (Å²) in [6, 6.07) is 13.1. The first-order chi connectivity index (χ1) is 18.9. The van der Waals surface area contributed by atoms with Crippen molar-refractivity contribution in [2.24, 2.45) is 5.16 Å². The number of benzene rings is 2. The van der Waals surface area contributed by atoms with Crippen molar-refractivity contribution in [1.82, 2.24) is 0 Å². The Morgan fingerprint density at radius 1 is 1.13 bits per heavy atom. The number of carbonyl (C=O) groups is 2. The molecule has 2 aliphatic rings. The summed E-state index contributed by atoms with van der Waals surface area (Å²) in [4.78, 5) is 26.9. The molecule has 1 amide bonds. The lowest BCUT2D eigenvalue weighted by Gasteiger charge is -2.33. The first kappa shape index (κ1) is 27.9. The van der Waals surface area contributed by atoms with Gasteiger partial charge < -0.3 is 29.1 Å². The monoisotopic (exact) mass is 534 g/mol. The molecular weight excluding hydrogens is 500 g/mol. The van der Waals surface area contributed by atoms with Crippen LogP contribution in [0, 0.1) is 0 Å². The first-order valence-electron chi connectivity index (χ1n) is 13.1. The molecular formula is C30H34N2O7. The van der Waals surface area contributed by atoms with Crippen molar-refractivity contribution in [2.45, 2.75) is 45.3 Å². The number of anilines is 1. The highest BCUT2D eigenvalue weighted by molar-refractivity contribution is 6.03. The normalized spacial score (nSPS) is 19.9. The van der Waals surface area contributed by atoms with Crippen LogP contribution in [0.15, 0.2) is 71.9 Å². The molecule has 206 valence electrons. The smallest absolute Gasteiger partial charge is 0.335 e. The molecule has 1 N–H and O–H groups in total. The molecule has 0 bridgehead atoms. The summed E-state index contributed by atoms with van der Waals surface area (Å²) < 4.78 is 22.4. The molecule has 2 aromatic rings. The van der Waals surface area contributed by atoms with E-state index in [1.54, 1.807) is 24.8 Å². The molecule has 1 aliphatic carbocycles. The average molecular weight is 535 g/mol. The van der Waals surface area contributed by atoms with Gasteiger partial charge in [-0.2, -0.15) is 0 Å². The van der Waals surface area contributed by atoms with E-state index < -0.39 is 12.2 Å². The third-order valence-electron chi connectivity index (χ3n) is 6.51. The Bertz CT molecular complexity index is 1250. The minimum Gasteiger partial charge on any atom is -0.492 e. The lowest BCUT2D eigenvalue weighted by Crippen LogP contribution is -2.46. The number of rotatable bonds is 11. The van der Waals surface area contributed by atoms with Crippen LogP contribution in [0.3, 0.4) is 0 Å². The van der Waals surface area contributed by atoms with E-state index in [1.165, 1.54) is 0 Å². The minimum atomic E-state index is -0.652. The van der Waals surface area contributed by atoms with Gasteiger partial charge in [-0.05, 0) is 62.2 Å². The Kier molecular flexibility index (Phi) is 9.38.